The predicted octanol–water partition coefficient (Wildman–Crippen LogP) is 5.74. The van der Waals surface area contributed by atoms with Crippen LogP contribution >= 0.6 is 0 Å². The number of hydrogen-bond acceptors (Lipinski definition) is 3. The van der Waals surface area contributed by atoms with Crippen LogP contribution < -0.4 is 4.90 Å². The van der Waals surface area contributed by atoms with Crippen LogP contribution in [0.2, 0.25) is 0 Å². The summed E-state index contributed by atoms with van der Waals surface area (Å²) in [6, 6.07) is 29.6. The molecule has 136 valence electrons. The first kappa shape index (κ1) is 17.5. The predicted molar refractivity (Wildman–Crippen MR) is 109 cm³/mol. The summed E-state index contributed by atoms with van der Waals surface area (Å²) in [4.78, 5) is 25.7. The molecule has 0 atom stereocenters. The third-order valence-electron chi connectivity index (χ3n) is 4.39. The van der Waals surface area contributed by atoms with E-state index in [1.165, 1.54) is 0 Å². The van der Waals surface area contributed by atoms with Gasteiger partial charge in [0.25, 0.3) is 5.91 Å². The number of nitrogens with zero attached hydrogens (tertiary/aromatic N) is 1. The quantitative estimate of drug-likeness (QED) is 0.423. The van der Waals surface area contributed by atoms with Gasteiger partial charge < -0.3 is 4.42 Å². The minimum absolute atomic E-state index is 0.110. The SMILES string of the molecule is O=Cc1ccc(-c2ccc(N(C(=O)c3ccccc3)c3ccccc3)cc2)o1. The topological polar surface area (TPSA) is 50.5 Å². The van der Waals surface area contributed by atoms with E-state index in [4.69, 9.17) is 4.42 Å². The first-order valence-corrected chi connectivity index (χ1v) is 8.86. The van der Waals surface area contributed by atoms with Crippen LogP contribution in [0.5, 0.6) is 0 Å². The van der Waals surface area contributed by atoms with E-state index < -0.39 is 0 Å². The number of aldehydes is 1. The Morgan fingerprint density at radius 2 is 1.32 bits per heavy atom. The number of amides is 1. The van der Waals surface area contributed by atoms with Gasteiger partial charge in [0.2, 0.25) is 0 Å². The minimum atomic E-state index is -0.110. The number of furan rings is 1. The maximum Gasteiger partial charge on any atom is 0.262 e. The van der Waals surface area contributed by atoms with Gasteiger partial charge in [-0.1, -0.05) is 36.4 Å². The fourth-order valence-electron chi connectivity index (χ4n) is 3.02. The molecule has 0 fully saturated rings. The zero-order valence-corrected chi connectivity index (χ0v) is 15.0. The lowest BCUT2D eigenvalue weighted by Gasteiger charge is -2.23. The number of hydrogen-bond donors (Lipinski definition) is 0. The van der Waals surface area contributed by atoms with Crippen molar-refractivity contribution in [3.63, 3.8) is 0 Å². The van der Waals surface area contributed by atoms with Gasteiger partial charge in [-0.25, -0.2) is 0 Å². The van der Waals surface area contributed by atoms with E-state index in [1.807, 2.05) is 72.8 Å². The Labute approximate surface area is 162 Å². The molecule has 1 amide bonds. The van der Waals surface area contributed by atoms with Crippen LogP contribution in [0, 0.1) is 0 Å². The number of anilines is 2. The second-order valence-corrected chi connectivity index (χ2v) is 6.21. The zero-order valence-electron chi connectivity index (χ0n) is 15.0. The van der Waals surface area contributed by atoms with Crippen molar-refractivity contribution in [1.29, 1.82) is 0 Å². The molecular formula is C24H17NO3. The van der Waals surface area contributed by atoms with Crippen LogP contribution in [-0.4, -0.2) is 12.2 Å². The summed E-state index contributed by atoms with van der Waals surface area (Å²) in [6.45, 7) is 0. The van der Waals surface area contributed by atoms with E-state index in [0.717, 1.165) is 16.9 Å². The van der Waals surface area contributed by atoms with Crippen molar-refractivity contribution >= 4 is 23.6 Å². The Morgan fingerprint density at radius 1 is 0.714 bits per heavy atom. The van der Waals surface area contributed by atoms with Gasteiger partial charge >= 0.3 is 0 Å². The highest BCUT2D eigenvalue weighted by atomic mass is 16.3. The van der Waals surface area contributed by atoms with Gasteiger partial charge in [0.05, 0.1) is 0 Å². The van der Waals surface area contributed by atoms with Crippen LogP contribution in [-0.2, 0) is 0 Å². The first-order valence-electron chi connectivity index (χ1n) is 8.86. The van der Waals surface area contributed by atoms with E-state index in [1.54, 1.807) is 29.2 Å². The lowest BCUT2D eigenvalue weighted by Crippen LogP contribution is -2.25. The van der Waals surface area contributed by atoms with Crippen molar-refractivity contribution in [2.24, 2.45) is 0 Å². The molecule has 0 unspecified atom stereocenters. The summed E-state index contributed by atoms with van der Waals surface area (Å²) in [5.74, 6) is 0.777. The van der Waals surface area contributed by atoms with Crippen molar-refractivity contribution in [2.75, 3.05) is 4.90 Å². The molecule has 4 rings (SSSR count). The van der Waals surface area contributed by atoms with Crippen molar-refractivity contribution in [1.82, 2.24) is 0 Å². The minimum Gasteiger partial charge on any atom is -0.453 e. The fourth-order valence-corrected chi connectivity index (χ4v) is 3.02. The molecule has 0 aliphatic rings. The number of carbonyl (C=O) groups is 2. The lowest BCUT2D eigenvalue weighted by atomic mass is 10.1. The van der Waals surface area contributed by atoms with Crippen LogP contribution in [0.25, 0.3) is 11.3 Å². The largest absolute Gasteiger partial charge is 0.453 e. The molecule has 4 nitrogen and oxygen atoms in total. The standard InChI is InChI=1S/C24H17NO3/c26-17-22-15-16-23(28-22)18-11-13-21(14-12-18)25(20-9-5-2-6-10-20)24(27)19-7-3-1-4-8-19/h1-17H. The molecule has 28 heavy (non-hydrogen) atoms. The number of benzene rings is 3. The molecule has 0 spiro atoms. The Morgan fingerprint density at radius 3 is 1.93 bits per heavy atom. The van der Waals surface area contributed by atoms with Crippen LogP contribution in [0.4, 0.5) is 11.4 Å². The van der Waals surface area contributed by atoms with Gasteiger partial charge in [0.15, 0.2) is 12.0 Å². The lowest BCUT2D eigenvalue weighted by molar-refractivity contribution is 0.0998. The van der Waals surface area contributed by atoms with E-state index >= 15 is 0 Å². The summed E-state index contributed by atoms with van der Waals surface area (Å²) in [7, 11) is 0. The summed E-state index contributed by atoms with van der Waals surface area (Å²) < 4.78 is 5.47. The second kappa shape index (κ2) is 7.76. The molecule has 0 N–H and O–H groups in total. The Hall–Kier alpha value is -3.92. The fraction of sp³-hybridized carbons (Fsp3) is 0. The number of rotatable bonds is 5. The molecule has 4 heteroatoms. The normalized spacial score (nSPS) is 10.4. The molecule has 4 aromatic rings. The third kappa shape index (κ3) is 3.48. The monoisotopic (exact) mass is 367 g/mol. The average molecular weight is 367 g/mol. The van der Waals surface area contributed by atoms with E-state index in [9.17, 15) is 9.59 Å². The average Bonchev–Trinajstić information content (AvgIpc) is 3.25. The third-order valence-corrected chi connectivity index (χ3v) is 4.39. The summed E-state index contributed by atoms with van der Waals surface area (Å²) in [5.41, 5.74) is 2.96. The molecule has 1 heterocycles. The number of carbonyl (C=O) groups excluding carboxylic acids is 2. The highest BCUT2D eigenvalue weighted by molar-refractivity contribution is 6.10. The Kier molecular flexibility index (Phi) is 4.85. The summed E-state index contributed by atoms with van der Waals surface area (Å²) in [6.07, 6.45) is 0.674. The zero-order chi connectivity index (χ0) is 19.3. The van der Waals surface area contributed by atoms with E-state index in [0.29, 0.717) is 17.6 Å². The van der Waals surface area contributed by atoms with Crippen molar-refractivity contribution in [3.05, 3.63) is 108 Å². The number of para-hydroxylation sites is 1. The smallest absolute Gasteiger partial charge is 0.262 e. The molecule has 1 aromatic heterocycles. The summed E-state index contributed by atoms with van der Waals surface area (Å²) in [5, 5.41) is 0. The second-order valence-electron chi connectivity index (χ2n) is 6.21. The summed E-state index contributed by atoms with van der Waals surface area (Å²) >= 11 is 0. The molecule has 0 saturated carbocycles. The highest BCUT2D eigenvalue weighted by Crippen LogP contribution is 2.30. The molecule has 0 radical (unpaired) electrons. The van der Waals surface area contributed by atoms with E-state index in [2.05, 4.69) is 0 Å². The molecule has 0 aliphatic carbocycles. The maximum atomic E-state index is 13.2. The van der Waals surface area contributed by atoms with Crippen molar-refractivity contribution < 1.29 is 14.0 Å². The first-order chi connectivity index (χ1) is 13.8. The highest BCUT2D eigenvalue weighted by Gasteiger charge is 2.19. The van der Waals surface area contributed by atoms with Gasteiger partial charge in [-0.2, -0.15) is 0 Å². The molecule has 3 aromatic carbocycles. The van der Waals surface area contributed by atoms with E-state index in [-0.39, 0.29) is 11.7 Å². The van der Waals surface area contributed by atoms with Gasteiger partial charge in [-0.05, 0) is 60.7 Å². The van der Waals surface area contributed by atoms with Gasteiger partial charge in [-0.15, -0.1) is 0 Å². The molecule has 0 bridgehead atoms. The van der Waals surface area contributed by atoms with Crippen molar-refractivity contribution in [3.8, 4) is 11.3 Å². The molecule has 0 saturated heterocycles. The Bertz CT molecular complexity index is 1080. The van der Waals surface area contributed by atoms with Crippen LogP contribution in [0.15, 0.2) is 101 Å². The van der Waals surface area contributed by atoms with Gasteiger partial charge in [-0.3, -0.25) is 14.5 Å². The van der Waals surface area contributed by atoms with Crippen molar-refractivity contribution in [2.45, 2.75) is 0 Å². The van der Waals surface area contributed by atoms with Crippen LogP contribution in [0.3, 0.4) is 0 Å². The molecule has 0 aliphatic heterocycles. The van der Waals surface area contributed by atoms with Gasteiger partial charge in [0.1, 0.15) is 5.76 Å². The Balaban J connectivity index is 1.72. The van der Waals surface area contributed by atoms with Crippen LogP contribution in [0.1, 0.15) is 20.9 Å². The van der Waals surface area contributed by atoms with Gasteiger partial charge in [0, 0.05) is 22.5 Å². The maximum absolute atomic E-state index is 13.2. The molecular weight excluding hydrogens is 350 g/mol.